The van der Waals surface area contributed by atoms with Crippen molar-refractivity contribution in [3.8, 4) is 5.75 Å². The fraction of sp³-hybridized carbons (Fsp3) is 0.625. The van der Waals surface area contributed by atoms with Gasteiger partial charge in [0.15, 0.2) is 0 Å². The average Bonchev–Trinajstić information content (AvgIpc) is 3.16. The maximum atomic E-state index is 9.94. The lowest BCUT2D eigenvalue weighted by Gasteiger charge is -2.17. The first-order valence-electron chi connectivity index (χ1n) is 7.18. The molecule has 1 aromatic rings. The number of aliphatic hydroxyl groups excluding tert-OH is 1. The maximum absolute atomic E-state index is 9.94. The fourth-order valence-electron chi connectivity index (χ4n) is 2.33. The van der Waals surface area contributed by atoms with Crippen molar-refractivity contribution in [2.45, 2.75) is 37.5 Å². The van der Waals surface area contributed by atoms with Crippen molar-refractivity contribution in [3.63, 3.8) is 0 Å². The van der Waals surface area contributed by atoms with Crippen LogP contribution in [0.3, 0.4) is 0 Å². The van der Waals surface area contributed by atoms with Crippen LogP contribution in [0.4, 0.5) is 0 Å². The molecule has 4 heteroatoms. The number of hydrogen-bond donors (Lipinski definition) is 2. The van der Waals surface area contributed by atoms with Crippen LogP contribution in [0.5, 0.6) is 5.75 Å². The molecule has 1 saturated carbocycles. The predicted molar refractivity (Wildman–Crippen MR) is 85.8 cm³/mol. The summed E-state index contributed by atoms with van der Waals surface area (Å²) in [6.07, 6.45) is 4.27. The Morgan fingerprint density at radius 3 is 2.50 bits per heavy atom. The SMILES string of the molecule is CSC1(CNCC(O)COc2cc(C)cc(C)c2)CC1. The molecule has 0 amide bonds. The molecule has 1 aliphatic rings. The average molecular weight is 295 g/mol. The molecule has 0 bridgehead atoms. The van der Waals surface area contributed by atoms with E-state index >= 15 is 0 Å². The third kappa shape index (κ3) is 4.69. The summed E-state index contributed by atoms with van der Waals surface area (Å²) in [5, 5.41) is 13.3. The standard InChI is InChI=1S/C16H25NO2S/c1-12-6-13(2)8-15(7-12)19-10-14(18)9-17-11-16(20-3)4-5-16/h6-8,14,17-18H,4-5,9-11H2,1-3H3. The molecule has 0 radical (unpaired) electrons. The molecule has 1 fully saturated rings. The number of nitrogens with one attached hydrogen (secondary N) is 1. The van der Waals surface area contributed by atoms with E-state index < -0.39 is 6.10 Å². The maximum Gasteiger partial charge on any atom is 0.119 e. The summed E-state index contributed by atoms with van der Waals surface area (Å²) in [6.45, 7) is 6.01. The van der Waals surface area contributed by atoms with Crippen LogP contribution >= 0.6 is 11.8 Å². The zero-order valence-corrected chi connectivity index (χ0v) is 13.4. The molecule has 112 valence electrons. The van der Waals surface area contributed by atoms with E-state index in [0.29, 0.717) is 17.9 Å². The van der Waals surface area contributed by atoms with Crippen molar-refractivity contribution in [2.24, 2.45) is 0 Å². The van der Waals surface area contributed by atoms with E-state index in [4.69, 9.17) is 4.74 Å². The highest BCUT2D eigenvalue weighted by atomic mass is 32.2. The molecule has 0 spiro atoms. The van der Waals surface area contributed by atoms with Crippen molar-refractivity contribution in [2.75, 3.05) is 26.0 Å². The van der Waals surface area contributed by atoms with Crippen LogP contribution in [-0.2, 0) is 0 Å². The van der Waals surface area contributed by atoms with E-state index in [2.05, 4.69) is 31.5 Å². The normalized spacial score (nSPS) is 17.8. The van der Waals surface area contributed by atoms with Gasteiger partial charge in [0.1, 0.15) is 18.5 Å². The summed E-state index contributed by atoms with van der Waals surface area (Å²) in [4.78, 5) is 0. The van der Waals surface area contributed by atoms with E-state index in [1.165, 1.54) is 24.0 Å². The summed E-state index contributed by atoms with van der Waals surface area (Å²) < 4.78 is 6.10. The summed E-state index contributed by atoms with van der Waals surface area (Å²) in [6, 6.07) is 6.11. The number of aliphatic hydroxyl groups is 1. The van der Waals surface area contributed by atoms with E-state index in [0.717, 1.165) is 12.3 Å². The predicted octanol–water partition coefficient (Wildman–Crippen LogP) is 2.53. The molecule has 0 aromatic heterocycles. The van der Waals surface area contributed by atoms with Crippen molar-refractivity contribution < 1.29 is 9.84 Å². The minimum Gasteiger partial charge on any atom is -0.491 e. The van der Waals surface area contributed by atoms with Crippen LogP contribution in [-0.4, -0.2) is 41.9 Å². The van der Waals surface area contributed by atoms with Crippen LogP contribution in [0.25, 0.3) is 0 Å². The topological polar surface area (TPSA) is 41.5 Å². The molecule has 3 nitrogen and oxygen atoms in total. The molecule has 2 rings (SSSR count). The molecule has 1 aromatic carbocycles. The molecule has 1 unspecified atom stereocenters. The number of thioether (sulfide) groups is 1. The van der Waals surface area contributed by atoms with Gasteiger partial charge in [0, 0.05) is 17.8 Å². The lowest BCUT2D eigenvalue weighted by atomic mass is 10.1. The van der Waals surface area contributed by atoms with Crippen LogP contribution in [0, 0.1) is 13.8 Å². The Kier molecular flexibility index (Phi) is 5.35. The Balaban J connectivity index is 1.68. The van der Waals surface area contributed by atoms with Crippen molar-refractivity contribution in [1.82, 2.24) is 5.32 Å². The van der Waals surface area contributed by atoms with Gasteiger partial charge in [-0.25, -0.2) is 0 Å². The Morgan fingerprint density at radius 1 is 1.30 bits per heavy atom. The number of hydrogen-bond acceptors (Lipinski definition) is 4. The zero-order valence-electron chi connectivity index (χ0n) is 12.6. The van der Waals surface area contributed by atoms with E-state index in [9.17, 15) is 5.11 Å². The first-order chi connectivity index (χ1) is 9.53. The van der Waals surface area contributed by atoms with Gasteiger partial charge in [-0.2, -0.15) is 11.8 Å². The van der Waals surface area contributed by atoms with E-state index in [1.807, 2.05) is 23.9 Å². The molecule has 1 atom stereocenters. The quantitative estimate of drug-likeness (QED) is 0.773. The van der Waals surface area contributed by atoms with Gasteiger partial charge < -0.3 is 15.2 Å². The van der Waals surface area contributed by atoms with Gasteiger partial charge in [0.25, 0.3) is 0 Å². The van der Waals surface area contributed by atoms with Crippen molar-refractivity contribution in [1.29, 1.82) is 0 Å². The lowest BCUT2D eigenvalue weighted by Crippen LogP contribution is -2.35. The van der Waals surface area contributed by atoms with Gasteiger partial charge >= 0.3 is 0 Å². The monoisotopic (exact) mass is 295 g/mol. The summed E-state index contributed by atoms with van der Waals surface area (Å²) in [7, 11) is 0. The summed E-state index contributed by atoms with van der Waals surface area (Å²) >= 11 is 1.93. The van der Waals surface area contributed by atoms with Gasteiger partial charge in [0.2, 0.25) is 0 Å². The Labute approximate surface area is 126 Å². The van der Waals surface area contributed by atoms with Crippen LogP contribution < -0.4 is 10.1 Å². The van der Waals surface area contributed by atoms with Crippen molar-refractivity contribution in [3.05, 3.63) is 29.3 Å². The van der Waals surface area contributed by atoms with Crippen LogP contribution in [0.1, 0.15) is 24.0 Å². The molecular formula is C16H25NO2S. The number of ether oxygens (including phenoxy) is 1. The second-order valence-corrected chi connectivity index (χ2v) is 7.08. The molecule has 1 aliphatic carbocycles. The minimum absolute atomic E-state index is 0.335. The van der Waals surface area contributed by atoms with Crippen LogP contribution in [0.2, 0.25) is 0 Å². The second kappa shape index (κ2) is 6.83. The molecule has 2 N–H and O–H groups in total. The highest BCUT2D eigenvalue weighted by molar-refractivity contribution is 8.00. The van der Waals surface area contributed by atoms with Crippen LogP contribution in [0.15, 0.2) is 18.2 Å². The smallest absolute Gasteiger partial charge is 0.119 e. The second-order valence-electron chi connectivity index (χ2n) is 5.81. The fourth-order valence-corrected chi connectivity index (χ4v) is 3.08. The molecule has 0 saturated heterocycles. The van der Waals surface area contributed by atoms with Gasteiger partial charge in [-0.05, 0) is 56.2 Å². The summed E-state index contributed by atoms with van der Waals surface area (Å²) in [5.74, 6) is 0.837. The summed E-state index contributed by atoms with van der Waals surface area (Å²) in [5.41, 5.74) is 2.37. The number of aryl methyl sites for hydroxylation is 2. The Morgan fingerprint density at radius 2 is 1.95 bits per heavy atom. The molecule has 20 heavy (non-hydrogen) atoms. The molecule has 0 aliphatic heterocycles. The highest BCUT2D eigenvalue weighted by Crippen LogP contribution is 2.46. The third-order valence-electron chi connectivity index (χ3n) is 3.71. The Bertz CT molecular complexity index is 426. The Hall–Kier alpha value is -0.710. The zero-order chi connectivity index (χ0) is 14.6. The minimum atomic E-state index is -0.464. The molecule has 0 heterocycles. The van der Waals surface area contributed by atoms with E-state index in [-0.39, 0.29) is 0 Å². The van der Waals surface area contributed by atoms with Gasteiger partial charge in [-0.1, -0.05) is 6.07 Å². The molecular weight excluding hydrogens is 270 g/mol. The van der Waals surface area contributed by atoms with Gasteiger partial charge in [-0.15, -0.1) is 0 Å². The van der Waals surface area contributed by atoms with E-state index in [1.54, 1.807) is 0 Å². The van der Waals surface area contributed by atoms with Gasteiger partial charge in [-0.3, -0.25) is 0 Å². The number of benzene rings is 1. The lowest BCUT2D eigenvalue weighted by molar-refractivity contribution is 0.106. The first kappa shape index (κ1) is 15.7. The first-order valence-corrected chi connectivity index (χ1v) is 8.40. The van der Waals surface area contributed by atoms with Gasteiger partial charge in [0.05, 0.1) is 0 Å². The third-order valence-corrected chi connectivity index (χ3v) is 5.12. The number of rotatable bonds is 8. The van der Waals surface area contributed by atoms with Crippen molar-refractivity contribution >= 4 is 11.8 Å². The largest absolute Gasteiger partial charge is 0.491 e. The highest BCUT2D eigenvalue weighted by Gasteiger charge is 2.41.